The Hall–Kier alpha value is 0.870. The van der Waals surface area contributed by atoms with Crippen LogP contribution in [-0.4, -0.2) is 78.4 Å². The van der Waals surface area contributed by atoms with E-state index in [-0.39, 0.29) is 39.4 Å². The fourth-order valence-corrected chi connectivity index (χ4v) is 1.07. The molecule has 0 aliphatic rings. The zero-order valence-electron chi connectivity index (χ0n) is 9.52. The number of aliphatic hydroxyl groups excluding tert-OH is 5. The van der Waals surface area contributed by atoms with Gasteiger partial charge in [-0.25, -0.2) is 0 Å². The zero-order valence-corrected chi connectivity index (χ0v) is 13.1. The average molecular weight is 297 g/mol. The summed E-state index contributed by atoms with van der Waals surface area (Å²) in [6.45, 7) is -0.729. The maximum absolute atomic E-state index is 9.44. The van der Waals surface area contributed by atoms with Crippen molar-refractivity contribution in [2.24, 2.45) is 0 Å². The Balaban J connectivity index is -0.000000980. The SMILES string of the molecule is CN(C(=S)[S-])[C@@H](O)[C@H](O)[C@@H](O)[C@@H](O)CO.O.[Na+]. The van der Waals surface area contributed by atoms with Crippen molar-refractivity contribution in [3.63, 3.8) is 0 Å². The van der Waals surface area contributed by atoms with Crippen molar-refractivity contribution in [1.82, 2.24) is 4.90 Å². The summed E-state index contributed by atoms with van der Waals surface area (Å²) in [5.74, 6) is 0. The summed E-state index contributed by atoms with van der Waals surface area (Å²) in [7, 11) is 1.33. The van der Waals surface area contributed by atoms with Crippen molar-refractivity contribution in [2.45, 2.75) is 24.5 Å². The topological polar surface area (TPSA) is 136 Å². The standard InChI is InChI=1S/C7H15NO5S2.Na.H2O/c1-8(7(14)15)6(13)5(12)4(11)3(10)2-9;;/h3-6,9-13H,2H2,1H3,(H,14,15);;1H2/q;+1;/p-1/t3-,4-,5+,6-;;/m0../s1. The van der Waals surface area contributed by atoms with E-state index in [1.807, 2.05) is 0 Å². The van der Waals surface area contributed by atoms with Crippen molar-refractivity contribution < 1.29 is 60.6 Å². The van der Waals surface area contributed by atoms with Crippen LogP contribution in [-0.2, 0) is 12.6 Å². The van der Waals surface area contributed by atoms with Crippen molar-refractivity contribution >= 4 is 29.2 Å². The zero-order chi connectivity index (χ0) is 12.2. The molecule has 0 bridgehead atoms. The number of nitrogens with zero attached hydrogens (tertiary/aromatic N) is 1. The van der Waals surface area contributed by atoms with Crippen LogP contribution in [0.1, 0.15) is 0 Å². The summed E-state index contributed by atoms with van der Waals surface area (Å²) in [5.41, 5.74) is 0. The number of thiocarbonyl (C=S) groups is 1. The molecule has 0 saturated carbocycles. The van der Waals surface area contributed by atoms with Gasteiger partial charge < -0.3 is 60.8 Å². The van der Waals surface area contributed by atoms with Crippen LogP contribution in [0.15, 0.2) is 0 Å². The first-order valence-electron chi connectivity index (χ1n) is 4.09. The van der Waals surface area contributed by atoms with E-state index in [1.54, 1.807) is 0 Å². The Morgan fingerprint density at radius 3 is 1.94 bits per heavy atom. The van der Waals surface area contributed by atoms with E-state index in [9.17, 15) is 15.3 Å². The average Bonchev–Trinajstić information content (AvgIpc) is 2.23. The summed E-state index contributed by atoms with van der Waals surface area (Å²) in [4.78, 5) is 0.989. The predicted octanol–water partition coefficient (Wildman–Crippen LogP) is -6.68. The molecular weight excluding hydrogens is 281 g/mol. The van der Waals surface area contributed by atoms with E-state index in [2.05, 4.69) is 24.8 Å². The van der Waals surface area contributed by atoms with Crippen molar-refractivity contribution in [3.05, 3.63) is 0 Å². The maximum atomic E-state index is 9.44. The minimum absolute atomic E-state index is 0. The van der Waals surface area contributed by atoms with Crippen LogP contribution >= 0.6 is 12.2 Å². The minimum Gasteiger partial charge on any atom is -0.412 e. The van der Waals surface area contributed by atoms with E-state index in [4.69, 9.17) is 10.2 Å². The monoisotopic (exact) mass is 297 g/mol. The van der Waals surface area contributed by atoms with Gasteiger partial charge in [0.15, 0.2) is 6.23 Å². The van der Waals surface area contributed by atoms with Gasteiger partial charge in [-0.05, 0) is 0 Å². The second-order valence-electron chi connectivity index (χ2n) is 3.02. The molecule has 98 valence electrons. The minimum atomic E-state index is -1.68. The molecule has 0 rings (SSSR count). The molecule has 0 spiro atoms. The molecule has 0 amide bonds. The molecule has 7 N–H and O–H groups in total. The Morgan fingerprint density at radius 1 is 1.24 bits per heavy atom. The van der Waals surface area contributed by atoms with Gasteiger partial charge in [0, 0.05) is 7.05 Å². The molecular formula is C7H16NNaO6S2. The smallest absolute Gasteiger partial charge is 0.412 e. The summed E-state index contributed by atoms with van der Waals surface area (Å²) >= 11 is 9.14. The van der Waals surface area contributed by atoms with E-state index >= 15 is 0 Å². The number of hydrogen-bond acceptors (Lipinski definition) is 7. The van der Waals surface area contributed by atoms with Crippen LogP contribution in [0.3, 0.4) is 0 Å². The Bertz CT molecular complexity index is 225. The Labute approximate surface area is 132 Å². The molecule has 0 saturated heterocycles. The molecule has 0 aliphatic carbocycles. The quantitative estimate of drug-likeness (QED) is 0.146. The third-order valence-electron chi connectivity index (χ3n) is 1.92. The molecule has 0 aromatic heterocycles. The molecule has 17 heavy (non-hydrogen) atoms. The molecule has 0 radical (unpaired) electrons. The number of rotatable bonds is 5. The molecule has 7 nitrogen and oxygen atoms in total. The second kappa shape index (κ2) is 10.8. The molecule has 0 heterocycles. The van der Waals surface area contributed by atoms with Gasteiger partial charge in [-0.1, -0.05) is 4.32 Å². The van der Waals surface area contributed by atoms with Gasteiger partial charge in [-0.15, -0.1) is 0 Å². The van der Waals surface area contributed by atoms with Gasteiger partial charge in [-0.2, -0.15) is 0 Å². The van der Waals surface area contributed by atoms with Crippen LogP contribution in [0.25, 0.3) is 0 Å². The van der Waals surface area contributed by atoms with Gasteiger partial charge in [0.2, 0.25) is 0 Å². The van der Waals surface area contributed by atoms with E-state index in [0.29, 0.717) is 0 Å². The summed E-state index contributed by atoms with van der Waals surface area (Å²) in [5, 5.41) is 45.6. The molecule has 0 aromatic rings. The molecule has 0 aromatic carbocycles. The van der Waals surface area contributed by atoms with Crippen molar-refractivity contribution in [2.75, 3.05) is 13.7 Å². The summed E-state index contributed by atoms with van der Waals surface area (Å²) in [6.07, 6.45) is -6.44. The molecule has 0 unspecified atom stereocenters. The van der Waals surface area contributed by atoms with Crippen LogP contribution in [0.5, 0.6) is 0 Å². The van der Waals surface area contributed by atoms with E-state index in [0.717, 1.165) is 4.90 Å². The van der Waals surface area contributed by atoms with Gasteiger partial charge in [0.1, 0.15) is 18.3 Å². The largest absolute Gasteiger partial charge is 1.00 e. The fraction of sp³-hybridized carbons (Fsp3) is 0.857. The molecule has 10 heteroatoms. The fourth-order valence-electron chi connectivity index (χ4n) is 0.849. The molecule has 0 fully saturated rings. The summed E-state index contributed by atoms with van der Waals surface area (Å²) < 4.78 is -0.0905. The van der Waals surface area contributed by atoms with Gasteiger partial charge in [0.05, 0.1) is 6.61 Å². The number of hydrogen-bond donors (Lipinski definition) is 5. The van der Waals surface area contributed by atoms with Crippen LogP contribution in [0, 0.1) is 0 Å². The predicted molar refractivity (Wildman–Crippen MR) is 62.5 cm³/mol. The second-order valence-corrected chi connectivity index (χ2v) is 4.05. The first-order chi connectivity index (χ1) is 6.82. The van der Waals surface area contributed by atoms with Gasteiger partial charge in [-0.3, -0.25) is 0 Å². The normalized spacial score (nSPS) is 16.8. The first kappa shape index (κ1) is 23.0. The summed E-state index contributed by atoms with van der Waals surface area (Å²) in [6, 6.07) is 0. The number of likely N-dealkylation sites (N-methyl/N-ethyl adjacent to an activating group) is 1. The Kier molecular flexibility index (Phi) is 14.6. The third kappa shape index (κ3) is 7.13. The van der Waals surface area contributed by atoms with E-state index < -0.39 is 31.1 Å². The van der Waals surface area contributed by atoms with Gasteiger partial charge in [0.25, 0.3) is 0 Å². The first-order valence-corrected chi connectivity index (χ1v) is 4.91. The molecule has 4 atom stereocenters. The van der Waals surface area contributed by atoms with Gasteiger partial charge >= 0.3 is 29.6 Å². The van der Waals surface area contributed by atoms with Crippen molar-refractivity contribution in [3.8, 4) is 0 Å². The van der Waals surface area contributed by atoms with Crippen LogP contribution < -0.4 is 29.6 Å². The molecule has 0 aliphatic heterocycles. The number of aliphatic hydroxyl groups is 5. The van der Waals surface area contributed by atoms with Crippen molar-refractivity contribution in [1.29, 1.82) is 0 Å². The Morgan fingerprint density at radius 2 is 1.65 bits per heavy atom. The van der Waals surface area contributed by atoms with Crippen LogP contribution in [0.2, 0.25) is 0 Å². The third-order valence-corrected chi connectivity index (χ3v) is 2.50. The van der Waals surface area contributed by atoms with Crippen LogP contribution in [0.4, 0.5) is 0 Å². The maximum Gasteiger partial charge on any atom is 1.00 e. The van der Waals surface area contributed by atoms with E-state index in [1.165, 1.54) is 7.05 Å².